The highest BCUT2D eigenvalue weighted by molar-refractivity contribution is 6.33. The summed E-state index contributed by atoms with van der Waals surface area (Å²) in [5.41, 5.74) is 3.63. The number of carbonyl (C=O) groups excluding carboxylic acids is 1. The van der Waals surface area contributed by atoms with Crippen LogP contribution in [0.2, 0.25) is 5.02 Å². The summed E-state index contributed by atoms with van der Waals surface area (Å²) in [4.78, 5) is 12.2. The minimum Gasteiger partial charge on any atom is -0.464 e. The second kappa shape index (κ2) is 6.93. The number of halogens is 1. The van der Waals surface area contributed by atoms with Crippen LogP contribution in [0.3, 0.4) is 0 Å². The molecule has 1 amide bonds. The minimum atomic E-state index is 0.00868. The van der Waals surface area contributed by atoms with Crippen LogP contribution in [0.15, 0.2) is 16.7 Å². The third kappa shape index (κ3) is 3.54. The van der Waals surface area contributed by atoms with Crippen molar-refractivity contribution in [3.63, 3.8) is 0 Å². The van der Waals surface area contributed by atoms with Crippen molar-refractivity contribution in [3.8, 4) is 0 Å². The zero-order valence-corrected chi connectivity index (χ0v) is 14.3. The molecule has 1 aliphatic rings. The van der Waals surface area contributed by atoms with Crippen LogP contribution in [0.25, 0.3) is 11.0 Å². The Morgan fingerprint density at radius 3 is 3.00 bits per heavy atom. The van der Waals surface area contributed by atoms with Crippen molar-refractivity contribution >= 4 is 28.5 Å². The van der Waals surface area contributed by atoms with E-state index in [9.17, 15) is 4.79 Å². The second-order valence-electron chi connectivity index (χ2n) is 6.33. The fourth-order valence-electron chi connectivity index (χ4n) is 3.20. The van der Waals surface area contributed by atoms with Gasteiger partial charge in [-0.1, -0.05) is 11.6 Å². The van der Waals surface area contributed by atoms with Gasteiger partial charge >= 0.3 is 0 Å². The van der Waals surface area contributed by atoms with E-state index in [0.717, 1.165) is 58.7 Å². The summed E-state index contributed by atoms with van der Waals surface area (Å²) in [7, 11) is 0. The maximum atomic E-state index is 12.2. The van der Waals surface area contributed by atoms with E-state index in [-0.39, 0.29) is 5.91 Å². The lowest BCUT2D eigenvalue weighted by Crippen LogP contribution is -2.34. The van der Waals surface area contributed by atoms with Gasteiger partial charge in [0.05, 0.1) is 19.3 Å². The van der Waals surface area contributed by atoms with Gasteiger partial charge in [-0.3, -0.25) is 4.79 Å². The van der Waals surface area contributed by atoms with Gasteiger partial charge in [0.1, 0.15) is 5.58 Å². The number of fused-ring (bicyclic) bond motifs is 1. The van der Waals surface area contributed by atoms with Crippen molar-refractivity contribution in [1.29, 1.82) is 0 Å². The molecule has 3 rings (SSSR count). The molecular formula is C18H22ClNO3. The number of nitrogens with one attached hydrogen (secondary N) is 1. The van der Waals surface area contributed by atoms with Gasteiger partial charge in [-0.25, -0.2) is 0 Å². The van der Waals surface area contributed by atoms with Crippen LogP contribution < -0.4 is 5.32 Å². The van der Waals surface area contributed by atoms with E-state index in [2.05, 4.69) is 5.32 Å². The molecule has 1 aromatic heterocycles. The van der Waals surface area contributed by atoms with Crippen LogP contribution in [0.5, 0.6) is 0 Å². The van der Waals surface area contributed by atoms with Gasteiger partial charge in [0.2, 0.25) is 5.91 Å². The molecule has 1 fully saturated rings. The van der Waals surface area contributed by atoms with Gasteiger partial charge in [-0.15, -0.1) is 0 Å². The number of carbonyl (C=O) groups is 1. The zero-order chi connectivity index (χ0) is 16.4. The summed E-state index contributed by atoms with van der Waals surface area (Å²) >= 11 is 6.33. The number of amides is 1. The molecule has 1 atom stereocenters. The largest absolute Gasteiger partial charge is 0.464 e. The maximum Gasteiger partial charge on any atom is 0.224 e. The van der Waals surface area contributed by atoms with Gasteiger partial charge in [-0.2, -0.15) is 0 Å². The van der Waals surface area contributed by atoms with E-state index in [1.54, 1.807) is 6.26 Å². The molecular weight excluding hydrogens is 314 g/mol. The Balaban J connectivity index is 1.69. The summed E-state index contributed by atoms with van der Waals surface area (Å²) in [5.74, 6) is 0.432. The second-order valence-corrected chi connectivity index (χ2v) is 6.71. The molecule has 23 heavy (non-hydrogen) atoms. The first kappa shape index (κ1) is 16.3. The number of benzene rings is 1. The van der Waals surface area contributed by atoms with Gasteiger partial charge in [0, 0.05) is 29.1 Å². The monoisotopic (exact) mass is 335 g/mol. The summed E-state index contributed by atoms with van der Waals surface area (Å²) < 4.78 is 11.0. The van der Waals surface area contributed by atoms with E-state index in [0.29, 0.717) is 18.9 Å². The highest BCUT2D eigenvalue weighted by atomic mass is 35.5. The average Bonchev–Trinajstić information content (AvgIpc) is 2.94. The lowest BCUT2D eigenvalue weighted by Gasteiger charge is -2.22. The Hall–Kier alpha value is -1.52. The summed E-state index contributed by atoms with van der Waals surface area (Å²) in [6.07, 6.45) is 4.16. The molecule has 5 heteroatoms. The molecule has 1 aromatic carbocycles. The molecule has 2 heterocycles. The molecule has 0 spiro atoms. The first-order valence-electron chi connectivity index (χ1n) is 8.06. The van der Waals surface area contributed by atoms with Crippen LogP contribution in [0, 0.1) is 19.8 Å². The first-order valence-corrected chi connectivity index (χ1v) is 8.44. The molecule has 0 radical (unpaired) electrons. The standard InChI is InChI=1S/C18H22ClNO3/c1-11-6-15-17(12(2)18(11)19)14(10-23-15)7-16(21)20-8-13-4-3-5-22-9-13/h6,10,13H,3-5,7-9H2,1-2H3,(H,20,21)/t13-/m0/s1. The fourth-order valence-corrected chi connectivity index (χ4v) is 3.35. The molecule has 0 aliphatic carbocycles. The van der Waals surface area contributed by atoms with E-state index in [1.807, 2.05) is 19.9 Å². The van der Waals surface area contributed by atoms with Gasteiger partial charge in [0.25, 0.3) is 0 Å². The fraction of sp³-hybridized carbons (Fsp3) is 0.500. The maximum absolute atomic E-state index is 12.2. The summed E-state index contributed by atoms with van der Waals surface area (Å²) in [6, 6.07) is 1.92. The Morgan fingerprint density at radius 2 is 2.26 bits per heavy atom. The third-order valence-electron chi connectivity index (χ3n) is 4.49. The third-order valence-corrected chi connectivity index (χ3v) is 5.07. The number of rotatable bonds is 4. The lowest BCUT2D eigenvalue weighted by molar-refractivity contribution is -0.120. The van der Waals surface area contributed by atoms with Crippen molar-refractivity contribution in [1.82, 2.24) is 5.32 Å². The highest BCUT2D eigenvalue weighted by Crippen LogP contribution is 2.32. The number of ether oxygens (including phenoxy) is 1. The van der Waals surface area contributed by atoms with Crippen LogP contribution in [0.4, 0.5) is 0 Å². The minimum absolute atomic E-state index is 0.00868. The number of hydrogen-bond donors (Lipinski definition) is 1. The molecule has 1 aliphatic heterocycles. The smallest absolute Gasteiger partial charge is 0.224 e. The number of furan rings is 1. The van der Waals surface area contributed by atoms with Crippen molar-refractivity contribution in [2.45, 2.75) is 33.1 Å². The van der Waals surface area contributed by atoms with Crippen molar-refractivity contribution in [3.05, 3.63) is 34.0 Å². The molecule has 124 valence electrons. The van der Waals surface area contributed by atoms with Gasteiger partial charge < -0.3 is 14.5 Å². The molecule has 2 aromatic rings. The Morgan fingerprint density at radius 1 is 1.43 bits per heavy atom. The van der Waals surface area contributed by atoms with E-state index in [1.165, 1.54) is 0 Å². The Bertz CT molecular complexity index is 717. The predicted octanol–water partition coefficient (Wildman–Crippen LogP) is 3.79. The number of hydrogen-bond acceptors (Lipinski definition) is 3. The number of aryl methyl sites for hydroxylation is 2. The van der Waals surface area contributed by atoms with Crippen molar-refractivity contribution in [2.75, 3.05) is 19.8 Å². The Labute approximate surface area is 141 Å². The molecule has 1 saturated heterocycles. The zero-order valence-electron chi connectivity index (χ0n) is 13.6. The van der Waals surface area contributed by atoms with Crippen molar-refractivity contribution in [2.24, 2.45) is 5.92 Å². The van der Waals surface area contributed by atoms with Crippen LogP contribution in [-0.4, -0.2) is 25.7 Å². The SMILES string of the molecule is Cc1cc2occ(CC(=O)NC[C@@H]3CCCOC3)c2c(C)c1Cl. The van der Waals surface area contributed by atoms with Crippen LogP contribution in [-0.2, 0) is 16.0 Å². The molecule has 1 N–H and O–H groups in total. The Kier molecular flexibility index (Phi) is 4.93. The van der Waals surface area contributed by atoms with Crippen LogP contribution >= 0.6 is 11.6 Å². The van der Waals surface area contributed by atoms with E-state index < -0.39 is 0 Å². The summed E-state index contributed by atoms with van der Waals surface area (Å²) in [6.45, 7) is 6.17. The van der Waals surface area contributed by atoms with Gasteiger partial charge in [0.15, 0.2) is 0 Å². The molecule has 4 nitrogen and oxygen atoms in total. The predicted molar refractivity (Wildman–Crippen MR) is 91.0 cm³/mol. The lowest BCUT2D eigenvalue weighted by atomic mass is 10.0. The first-order chi connectivity index (χ1) is 11.1. The molecule has 0 unspecified atom stereocenters. The summed E-state index contributed by atoms with van der Waals surface area (Å²) in [5, 5.41) is 4.70. The van der Waals surface area contributed by atoms with Crippen LogP contribution in [0.1, 0.15) is 29.5 Å². The van der Waals surface area contributed by atoms with Gasteiger partial charge in [-0.05, 0) is 49.8 Å². The quantitative estimate of drug-likeness (QED) is 0.924. The average molecular weight is 336 g/mol. The molecule has 0 saturated carbocycles. The van der Waals surface area contributed by atoms with E-state index >= 15 is 0 Å². The topological polar surface area (TPSA) is 51.5 Å². The normalized spacial score (nSPS) is 18.3. The highest BCUT2D eigenvalue weighted by Gasteiger charge is 2.18. The van der Waals surface area contributed by atoms with E-state index in [4.69, 9.17) is 20.8 Å². The molecule has 0 bridgehead atoms. The van der Waals surface area contributed by atoms with Crippen molar-refractivity contribution < 1.29 is 13.9 Å².